The van der Waals surface area contributed by atoms with Crippen LogP contribution in [0.1, 0.15) is 15.4 Å². The van der Waals surface area contributed by atoms with Gasteiger partial charge >= 0.3 is 0 Å². The normalized spacial score (nSPS) is 11.2. The van der Waals surface area contributed by atoms with Crippen molar-refractivity contribution >= 4 is 49.8 Å². The number of rotatable bonds is 4. The molecule has 154 valence electrons. The van der Waals surface area contributed by atoms with E-state index in [4.69, 9.17) is 0 Å². The van der Waals surface area contributed by atoms with Gasteiger partial charge in [0, 0.05) is 37.8 Å². The van der Waals surface area contributed by atoms with Crippen molar-refractivity contribution in [3.63, 3.8) is 0 Å². The number of thiophene rings is 1. The molecule has 0 atom stereocenters. The zero-order valence-corrected chi connectivity index (χ0v) is 19.1. The number of carbonyl (C=O) groups is 1. The smallest absolute Gasteiger partial charge is 0.272 e. The van der Waals surface area contributed by atoms with Gasteiger partial charge in [-0.1, -0.05) is 34.1 Å². The molecule has 31 heavy (non-hydrogen) atoms. The van der Waals surface area contributed by atoms with Crippen molar-refractivity contribution in [1.82, 2.24) is 25.2 Å². The lowest BCUT2D eigenvalue weighted by Gasteiger charge is -2.11. The number of halogens is 1. The van der Waals surface area contributed by atoms with Gasteiger partial charge in [-0.3, -0.25) is 4.79 Å². The molecule has 7 nitrogen and oxygen atoms in total. The van der Waals surface area contributed by atoms with Crippen molar-refractivity contribution in [2.45, 2.75) is 6.92 Å². The number of carbonyl (C=O) groups excluding carboxylic acids is 1. The number of benzene rings is 2. The molecule has 5 rings (SSSR count). The first kappa shape index (κ1) is 19.7. The van der Waals surface area contributed by atoms with Gasteiger partial charge in [0.15, 0.2) is 0 Å². The van der Waals surface area contributed by atoms with Crippen LogP contribution in [0.25, 0.3) is 32.7 Å². The number of aryl methyl sites for hydroxylation is 2. The topological polar surface area (TPSA) is 88.5 Å². The highest BCUT2D eigenvalue weighted by molar-refractivity contribution is 9.10. The summed E-state index contributed by atoms with van der Waals surface area (Å²) < 4.78 is 2.80. The Balaban J connectivity index is 1.56. The second-order valence-corrected chi connectivity index (χ2v) is 9.33. The van der Waals surface area contributed by atoms with Gasteiger partial charge in [-0.25, -0.2) is 0 Å². The Labute approximate surface area is 190 Å². The first-order valence-electron chi connectivity index (χ1n) is 9.51. The number of amides is 1. The van der Waals surface area contributed by atoms with E-state index < -0.39 is 0 Å². The molecule has 5 aromatic rings. The average molecular weight is 493 g/mol. The summed E-state index contributed by atoms with van der Waals surface area (Å²) in [5, 5.41) is 18.2. The lowest BCUT2D eigenvalue weighted by atomic mass is 10.1. The van der Waals surface area contributed by atoms with Gasteiger partial charge in [0.1, 0.15) is 5.69 Å². The molecule has 2 N–H and O–H groups in total. The van der Waals surface area contributed by atoms with Crippen LogP contribution in [0.5, 0.6) is 0 Å². The molecule has 0 aliphatic carbocycles. The minimum absolute atomic E-state index is 0.209. The minimum Gasteiger partial charge on any atom is -0.339 e. The van der Waals surface area contributed by atoms with Gasteiger partial charge in [0.05, 0.1) is 11.2 Å². The fourth-order valence-corrected chi connectivity index (χ4v) is 4.94. The van der Waals surface area contributed by atoms with Gasteiger partial charge < -0.3 is 9.88 Å². The lowest BCUT2D eigenvalue weighted by Crippen LogP contribution is -2.16. The molecule has 2 aromatic carbocycles. The van der Waals surface area contributed by atoms with Crippen molar-refractivity contribution in [3.8, 4) is 21.8 Å². The van der Waals surface area contributed by atoms with Crippen LogP contribution in [-0.2, 0) is 7.05 Å². The third-order valence-electron chi connectivity index (χ3n) is 5.11. The van der Waals surface area contributed by atoms with Crippen molar-refractivity contribution < 1.29 is 4.79 Å². The van der Waals surface area contributed by atoms with Crippen LogP contribution in [0.2, 0.25) is 0 Å². The molecule has 0 saturated heterocycles. The van der Waals surface area contributed by atoms with E-state index in [0.717, 1.165) is 20.9 Å². The van der Waals surface area contributed by atoms with Gasteiger partial charge in [-0.05, 0) is 48.5 Å². The highest BCUT2D eigenvalue weighted by atomic mass is 79.9. The molecule has 0 unspecified atom stereocenters. The summed E-state index contributed by atoms with van der Waals surface area (Å²) in [6, 6.07) is 17.8. The van der Waals surface area contributed by atoms with Gasteiger partial charge in [-0.15, -0.1) is 21.5 Å². The van der Waals surface area contributed by atoms with E-state index in [2.05, 4.69) is 67.0 Å². The second-order valence-electron chi connectivity index (χ2n) is 7.12. The van der Waals surface area contributed by atoms with Crippen LogP contribution in [0.3, 0.4) is 0 Å². The number of anilines is 1. The lowest BCUT2D eigenvalue weighted by molar-refractivity contribution is 0.102. The summed E-state index contributed by atoms with van der Waals surface area (Å²) in [5.74, 6) is 0.197. The quantitative estimate of drug-likeness (QED) is 0.351. The number of tetrazole rings is 1. The Morgan fingerprint density at radius 1 is 1.13 bits per heavy atom. The third-order valence-corrected chi connectivity index (χ3v) is 6.64. The number of nitrogens with one attached hydrogen (secondary N) is 2. The van der Waals surface area contributed by atoms with Gasteiger partial charge in [-0.2, -0.15) is 5.21 Å². The summed E-state index contributed by atoms with van der Waals surface area (Å²) in [7, 11) is 1.92. The summed E-state index contributed by atoms with van der Waals surface area (Å²) in [6.07, 6.45) is 0. The number of aromatic amines is 1. The van der Waals surface area contributed by atoms with E-state index in [1.807, 2.05) is 48.0 Å². The third kappa shape index (κ3) is 3.55. The molecule has 9 heteroatoms. The van der Waals surface area contributed by atoms with Crippen molar-refractivity contribution in [2.75, 3.05) is 5.32 Å². The van der Waals surface area contributed by atoms with Crippen molar-refractivity contribution in [1.29, 1.82) is 0 Å². The largest absolute Gasteiger partial charge is 0.339 e. The summed E-state index contributed by atoms with van der Waals surface area (Å²) in [6.45, 7) is 2.09. The first-order valence-corrected chi connectivity index (χ1v) is 11.1. The van der Waals surface area contributed by atoms with Crippen LogP contribution in [-0.4, -0.2) is 31.1 Å². The molecule has 3 aromatic heterocycles. The predicted molar refractivity (Wildman–Crippen MR) is 126 cm³/mol. The highest BCUT2D eigenvalue weighted by Crippen LogP contribution is 2.35. The number of H-pyrrole nitrogens is 1. The zero-order valence-electron chi connectivity index (χ0n) is 16.7. The second kappa shape index (κ2) is 7.75. The fourth-order valence-electron chi connectivity index (χ4n) is 3.69. The Kier molecular flexibility index (Phi) is 4.91. The summed E-state index contributed by atoms with van der Waals surface area (Å²) in [4.78, 5) is 15.7. The number of aromatic nitrogens is 5. The highest BCUT2D eigenvalue weighted by Gasteiger charge is 2.19. The molecule has 0 aliphatic rings. The SMILES string of the molecule is Cc1ccc(-c2cccc3cc(C(=O)Nc4ccc(Br)cc4-c4nn[nH]n4)n(C)c23)s1. The number of hydrogen-bond acceptors (Lipinski definition) is 5. The maximum Gasteiger partial charge on any atom is 0.272 e. The first-order chi connectivity index (χ1) is 15.0. The molecule has 0 fully saturated rings. The average Bonchev–Trinajstić information content (AvgIpc) is 3.50. The fraction of sp³-hybridized carbons (Fsp3) is 0.0909. The Morgan fingerprint density at radius 2 is 2.00 bits per heavy atom. The van der Waals surface area contributed by atoms with Crippen LogP contribution < -0.4 is 5.32 Å². The molecule has 0 radical (unpaired) electrons. The molecule has 3 heterocycles. The Morgan fingerprint density at radius 3 is 2.74 bits per heavy atom. The van der Waals surface area contributed by atoms with Gasteiger partial charge in [0.2, 0.25) is 5.82 Å². The number of para-hydroxylation sites is 1. The van der Waals surface area contributed by atoms with Crippen LogP contribution in [0.4, 0.5) is 5.69 Å². The molecular formula is C22H17BrN6OS. The number of nitrogens with zero attached hydrogens (tertiary/aromatic N) is 4. The molecule has 0 bridgehead atoms. The van der Waals surface area contributed by atoms with E-state index >= 15 is 0 Å². The monoisotopic (exact) mass is 492 g/mol. The Bertz CT molecular complexity index is 1420. The van der Waals surface area contributed by atoms with Crippen molar-refractivity contribution in [2.24, 2.45) is 7.05 Å². The van der Waals surface area contributed by atoms with Gasteiger partial charge in [0.25, 0.3) is 5.91 Å². The molecule has 0 saturated carbocycles. The van der Waals surface area contributed by atoms with E-state index in [-0.39, 0.29) is 5.91 Å². The van der Waals surface area contributed by atoms with Crippen LogP contribution >= 0.6 is 27.3 Å². The van der Waals surface area contributed by atoms with Crippen molar-refractivity contribution in [3.05, 3.63) is 69.6 Å². The van der Waals surface area contributed by atoms with E-state index in [0.29, 0.717) is 22.8 Å². The predicted octanol–water partition coefficient (Wildman–Crippen LogP) is 5.41. The molecule has 0 spiro atoms. The molecular weight excluding hydrogens is 476 g/mol. The van der Waals surface area contributed by atoms with E-state index in [1.54, 1.807) is 11.3 Å². The number of hydrogen-bond donors (Lipinski definition) is 2. The van der Waals surface area contributed by atoms with E-state index in [9.17, 15) is 4.79 Å². The minimum atomic E-state index is -0.209. The molecule has 0 aliphatic heterocycles. The van der Waals surface area contributed by atoms with E-state index in [1.165, 1.54) is 9.75 Å². The van der Waals surface area contributed by atoms with Crippen LogP contribution in [0.15, 0.2) is 59.1 Å². The zero-order chi connectivity index (χ0) is 21.5. The maximum atomic E-state index is 13.3. The molecule has 1 amide bonds. The standard InChI is InChI=1S/C22H17BrN6OS/c1-12-6-9-19(31-12)15-5-3-4-13-10-18(29(2)20(13)15)22(30)24-17-8-7-14(23)11-16(17)21-25-27-28-26-21/h3-11H,1-2H3,(H,24,30)(H,25,26,27,28). The summed E-state index contributed by atoms with van der Waals surface area (Å²) in [5.41, 5.74) is 3.99. The maximum absolute atomic E-state index is 13.3. The van der Waals surface area contributed by atoms with Crippen LogP contribution in [0, 0.1) is 6.92 Å². The summed E-state index contributed by atoms with van der Waals surface area (Å²) >= 11 is 5.20. The number of fused-ring (bicyclic) bond motifs is 1. The Hall–Kier alpha value is -3.30.